The van der Waals surface area contributed by atoms with E-state index in [1.165, 1.54) is 85.4 Å². The number of hydrogen-bond donors (Lipinski definition) is 4. The van der Waals surface area contributed by atoms with Crippen LogP contribution in [-0.4, -0.2) is 238 Å². The molecule has 3 aromatic rings. The van der Waals surface area contributed by atoms with Gasteiger partial charge in [-0.3, -0.25) is 52.7 Å². The summed E-state index contributed by atoms with van der Waals surface area (Å²) in [7, 11) is 10.3. The number of nitrogens with zero attached hydrogens (tertiary/aromatic N) is 8. The maximum Gasteiger partial charge on any atom is 0.248 e. The number of aliphatic hydroxyl groups is 1. The summed E-state index contributed by atoms with van der Waals surface area (Å²) in [4.78, 5) is 175. The van der Waals surface area contributed by atoms with Crippen molar-refractivity contribution in [3.05, 3.63) is 107 Å². The summed E-state index contributed by atoms with van der Waals surface area (Å²) < 4.78 is 0. The van der Waals surface area contributed by atoms with Gasteiger partial charge in [-0.1, -0.05) is 140 Å². The van der Waals surface area contributed by atoms with Crippen molar-refractivity contribution in [2.24, 2.45) is 23.7 Å². The molecule has 0 spiro atoms. The Hall–Kier alpha value is -8.21. The summed E-state index contributed by atoms with van der Waals surface area (Å²) in [6.07, 6.45) is 3.89. The lowest BCUT2D eigenvalue weighted by atomic mass is 9.97. The van der Waals surface area contributed by atoms with Gasteiger partial charge >= 0.3 is 0 Å². The number of piperidine rings is 1. The van der Waals surface area contributed by atoms with Crippen LogP contribution in [0.1, 0.15) is 163 Å². The fourth-order valence-corrected chi connectivity index (χ4v) is 13.5. The maximum atomic E-state index is 15.6. The van der Waals surface area contributed by atoms with Crippen LogP contribution >= 0.6 is 0 Å². The number of hydrogen-bond acceptors (Lipinski definition) is 12. The van der Waals surface area contributed by atoms with Gasteiger partial charge in [-0.05, 0) is 131 Å². The topological polar surface area (TPSA) is 270 Å². The van der Waals surface area contributed by atoms with Crippen LogP contribution in [0, 0.1) is 23.7 Å². The van der Waals surface area contributed by atoms with Crippen molar-refractivity contribution < 1.29 is 57.8 Å². The predicted octanol–water partition coefficient (Wildman–Crippen LogP) is 6.30. The Balaban J connectivity index is 1.61. The molecule has 1 fully saturated rings. The second-order valence-corrected chi connectivity index (χ2v) is 30.0. The normalized spacial score (nSPS) is 25.1. The first-order valence-electron chi connectivity index (χ1n) is 36.5. The van der Waals surface area contributed by atoms with Gasteiger partial charge in [0.05, 0.1) is 6.10 Å². The molecule has 11 atom stereocenters. The second-order valence-electron chi connectivity index (χ2n) is 30.0. The molecular weight excluding hydrogens is 1280 g/mol. The lowest BCUT2D eigenvalue weighted by Gasteiger charge is -2.39. The molecule has 6 rings (SSSR count). The minimum Gasteiger partial charge on any atom is -0.391 e. The monoisotopic (exact) mass is 1400 g/mol. The zero-order valence-corrected chi connectivity index (χ0v) is 63.6. The van der Waals surface area contributed by atoms with Crippen molar-refractivity contribution in [3.8, 4) is 0 Å². The molecule has 0 unspecified atom stereocenters. The van der Waals surface area contributed by atoms with Crippen LogP contribution in [-0.2, 0) is 78.4 Å². The van der Waals surface area contributed by atoms with E-state index >= 15 is 14.4 Å². The first-order valence-corrected chi connectivity index (χ1v) is 36.5. The van der Waals surface area contributed by atoms with Gasteiger partial charge in [0.15, 0.2) is 0 Å². The number of carbonyl (C=O) groups is 11. The third-order valence-electron chi connectivity index (χ3n) is 19.9. The van der Waals surface area contributed by atoms with Crippen molar-refractivity contribution in [2.45, 2.75) is 233 Å². The molecule has 2 bridgehead atoms. The summed E-state index contributed by atoms with van der Waals surface area (Å²) in [6, 6.07) is 13.5. The third-order valence-corrected chi connectivity index (χ3v) is 19.9. The Kier molecular flexibility index (Phi) is 32.5. The number of fused-ring (bicyclic) bond motifs is 36. The van der Waals surface area contributed by atoms with Crippen LogP contribution in [0.25, 0.3) is 0 Å². The van der Waals surface area contributed by atoms with Gasteiger partial charge in [0.25, 0.3) is 0 Å². The number of likely N-dealkylation sites (tertiary alicyclic amines) is 1. The highest BCUT2D eigenvalue weighted by Gasteiger charge is 2.44. The molecule has 3 aliphatic heterocycles. The molecule has 3 aromatic carbocycles. The molecule has 4 N–H and O–H groups in total. The van der Waals surface area contributed by atoms with Gasteiger partial charge in [0, 0.05) is 88.1 Å². The Morgan fingerprint density at radius 2 is 0.812 bits per heavy atom. The maximum absolute atomic E-state index is 15.6. The van der Waals surface area contributed by atoms with Crippen molar-refractivity contribution >= 4 is 65.0 Å². The van der Waals surface area contributed by atoms with Crippen LogP contribution < -0.4 is 16.0 Å². The number of nitrogens with one attached hydrogen (secondary N) is 3. The Bertz CT molecular complexity index is 3250. The van der Waals surface area contributed by atoms with Gasteiger partial charge in [0.2, 0.25) is 65.0 Å². The number of amides is 11. The molecule has 3 heterocycles. The molecular formula is C78H119N11O12. The number of aryl methyl sites for hydroxylation is 1. The number of aliphatic hydroxyl groups excluding tert-OH is 1. The van der Waals surface area contributed by atoms with E-state index in [2.05, 4.69) is 16.0 Å². The lowest BCUT2D eigenvalue weighted by Crippen LogP contribution is -2.62. The number of benzene rings is 3. The quantitative estimate of drug-likeness (QED) is 0.130. The smallest absolute Gasteiger partial charge is 0.248 e. The largest absolute Gasteiger partial charge is 0.391 e. The highest BCUT2D eigenvalue weighted by molar-refractivity contribution is 5.99. The van der Waals surface area contributed by atoms with Gasteiger partial charge in [0.1, 0.15) is 60.4 Å². The first kappa shape index (κ1) is 83.5. The molecule has 11 amide bonds. The van der Waals surface area contributed by atoms with Gasteiger partial charge in [-0.15, -0.1) is 0 Å². The Labute approximate surface area is 601 Å². The van der Waals surface area contributed by atoms with Gasteiger partial charge in [-0.2, -0.15) is 0 Å². The molecule has 1 saturated heterocycles. The second kappa shape index (κ2) is 39.3. The molecule has 101 heavy (non-hydrogen) atoms. The van der Waals surface area contributed by atoms with Crippen molar-refractivity contribution in [3.63, 3.8) is 0 Å². The van der Waals surface area contributed by atoms with E-state index in [0.717, 1.165) is 35.3 Å². The first-order chi connectivity index (χ1) is 47.6. The summed E-state index contributed by atoms with van der Waals surface area (Å²) in [5.41, 5.74) is 3.07. The summed E-state index contributed by atoms with van der Waals surface area (Å²) in [6.45, 7) is 20.7. The van der Waals surface area contributed by atoms with E-state index in [4.69, 9.17) is 0 Å². The van der Waals surface area contributed by atoms with E-state index in [1.54, 1.807) is 73.6 Å². The summed E-state index contributed by atoms with van der Waals surface area (Å²) in [5, 5.41) is 20.1. The summed E-state index contributed by atoms with van der Waals surface area (Å²) >= 11 is 0. The molecule has 23 nitrogen and oxygen atoms in total. The van der Waals surface area contributed by atoms with Crippen molar-refractivity contribution in [1.82, 2.24) is 55.1 Å². The van der Waals surface area contributed by atoms with E-state index in [-0.39, 0.29) is 80.4 Å². The fraction of sp³-hybridized carbons (Fsp3) is 0.628. The molecule has 0 aliphatic carbocycles. The average molecular weight is 1400 g/mol. The Morgan fingerprint density at radius 1 is 0.416 bits per heavy atom. The highest BCUT2D eigenvalue weighted by atomic mass is 16.3. The predicted molar refractivity (Wildman–Crippen MR) is 391 cm³/mol. The van der Waals surface area contributed by atoms with E-state index < -0.39 is 120 Å². The average Bonchev–Trinajstić information content (AvgIpc) is 0.810. The van der Waals surface area contributed by atoms with E-state index in [9.17, 15) is 43.5 Å². The van der Waals surface area contributed by atoms with Gasteiger partial charge < -0.3 is 60.3 Å². The number of likely N-dealkylation sites (N-methyl/N-ethyl adjacent to an activating group) is 7. The highest BCUT2D eigenvalue weighted by Crippen LogP contribution is 2.25. The van der Waals surface area contributed by atoms with Crippen LogP contribution in [0.4, 0.5) is 0 Å². The van der Waals surface area contributed by atoms with Crippen molar-refractivity contribution in [1.29, 1.82) is 0 Å². The van der Waals surface area contributed by atoms with Crippen LogP contribution in [0.3, 0.4) is 0 Å². The lowest BCUT2D eigenvalue weighted by molar-refractivity contribution is -0.153. The van der Waals surface area contributed by atoms with E-state index in [1.807, 2.05) is 85.7 Å². The summed E-state index contributed by atoms with van der Waals surface area (Å²) in [5.74, 6) is -6.70. The zero-order chi connectivity index (χ0) is 75.3. The molecule has 0 aromatic heterocycles. The zero-order valence-electron chi connectivity index (χ0n) is 63.6. The van der Waals surface area contributed by atoms with Crippen molar-refractivity contribution in [2.75, 3.05) is 62.4 Å². The minimum atomic E-state index is -1.67. The standard InChI is InChI=1S/C78H119N11O12/c1-49(2)42-61-69(92)79-53(9)72(95)87(17)65(45-52(7)8)76(99)88(18)66(48-58-33-24-20-25-34-58)77(100)86(16)63(47-57-31-22-19-23-32-57)71(94)81-68(55(11)90)78(101)82(12)54(10)73(96)84(14)62(43-50(3)4)70(93)80-60(74(97)89-40-28-21-29-41-89)46-59-38-36-56(37-39-59)30-26-27-35-67(91)83(13)64(44-51(5)6)75(98)85(61)15/h19-20,22-25,31-34,36-39,49-55,60-66,68,90H,21,26-30,35,40-48H2,1-18H3,(H,79,92)(H,80,93)(H,81,94)/t53-,54-,55+,60-,61-,62-,63-,64-,65-,66-,68-/m0/s1. The minimum absolute atomic E-state index is 0.0150. The molecule has 0 radical (unpaired) electrons. The molecule has 558 valence electrons. The number of rotatable bonds is 14. The van der Waals surface area contributed by atoms with Gasteiger partial charge in [-0.25, -0.2) is 0 Å². The van der Waals surface area contributed by atoms with Crippen LogP contribution in [0.5, 0.6) is 0 Å². The SMILES string of the molecule is CC(C)C[C@H]1C(=O)N(C)[C@@H](CC(C)C)C(=O)N[C@@H](C)C(=O)N(C)[C@@H](CC(C)C)C(=O)N(C)[C@@H](Cc2ccccc2)C(=O)N(C)[C@@H](Cc2ccccc2)C(=O)N[C@@H]([C@@H](C)O)C(=O)N(C)[C@@H](C)C(=O)N(C)[C@@H](CC(C)C)C(=O)N[C@H](C(=O)N2CCCCC2)Cc2ccc(cc2)CCCCC(=O)N1C. The van der Waals surface area contributed by atoms with Crippen LogP contribution in [0.2, 0.25) is 0 Å². The van der Waals surface area contributed by atoms with Crippen LogP contribution in [0.15, 0.2) is 84.9 Å². The van der Waals surface area contributed by atoms with E-state index in [0.29, 0.717) is 49.9 Å². The molecule has 23 heteroatoms. The Morgan fingerprint density at radius 3 is 1.31 bits per heavy atom. The molecule has 3 aliphatic rings. The number of carbonyl (C=O) groups excluding carboxylic acids is 11. The molecule has 0 saturated carbocycles. The fourth-order valence-electron chi connectivity index (χ4n) is 13.5. The third kappa shape index (κ3) is 23.7.